The van der Waals surface area contributed by atoms with E-state index in [-0.39, 0.29) is 24.1 Å². The normalized spacial score (nSPS) is 16.0. The van der Waals surface area contributed by atoms with Gasteiger partial charge in [-0.25, -0.2) is 4.98 Å². The van der Waals surface area contributed by atoms with Crippen molar-refractivity contribution in [2.75, 3.05) is 39.9 Å². The minimum atomic E-state index is -0.258. The van der Waals surface area contributed by atoms with E-state index in [1.807, 2.05) is 0 Å². The van der Waals surface area contributed by atoms with Crippen LogP contribution in [0.1, 0.15) is 16.2 Å². The predicted molar refractivity (Wildman–Crippen MR) is 65.6 cm³/mol. The Kier molecular flexibility index (Phi) is 4.16. The second-order valence-electron chi connectivity index (χ2n) is 4.36. The molecule has 0 N–H and O–H groups in total. The van der Waals surface area contributed by atoms with E-state index in [2.05, 4.69) is 4.98 Å². The summed E-state index contributed by atoms with van der Waals surface area (Å²) >= 11 is 0. The number of hydrogen-bond donors (Lipinski definition) is 0. The van der Waals surface area contributed by atoms with E-state index >= 15 is 0 Å². The third-order valence-electron chi connectivity index (χ3n) is 3.12. The monoisotopic (exact) mass is 267 g/mol. The largest absolute Gasteiger partial charge is 0.448 e. The predicted octanol–water partition coefficient (Wildman–Crippen LogP) is -0.0862. The molecule has 0 unspecified atom stereocenters. The first-order chi connectivity index (χ1) is 9.13. The first-order valence-corrected chi connectivity index (χ1v) is 6.09. The molecule has 2 heterocycles. The van der Waals surface area contributed by atoms with E-state index in [0.717, 1.165) is 0 Å². The molecule has 0 spiro atoms. The lowest BCUT2D eigenvalue weighted by molar-refractivity contribution is -0.135. The molecule has 2 amide bonds. The highest BCUT2D eigenvalue weighted by molar-refractivity contribution is 5.96. The minimum Gasteiger partial charge on any atom is -0.448 e. The van der Waals surface area contributed by atoms with Crippen LogP contribution in [-0.4, -0.2) is 66.5 Å². The number of carbonyl (C=O) groups is 2. The average Bonchev–Trinajstić information content (AvgIpc) is 2.82. The molecule has 104 valence electrons. The fourth-order valence-corrected chi connectivity index (χ4v) is 1.98. The summed E-state index contributed by atoms with van der Waals surface area (Å²) in [6.07, 6.45) is 1.24. The second kappa shape index (κ2) is 5.83. The molecule has 0 atom stereocenters. The molecule has 7 nitrogen and oxygen atoms in total. The van der Waals surface area contributed by atoms with E-state index in [1.165, 1.54) is 11.3 Å². The van der Waals surface area contributed by atoms with Crippen LogP contribution in [0.5, 0.6) is 0 Å². The van der Waals surface area contributed by atoms with Crippen LogP contribution in [0.4, 0.5) is 0 Å². The Bertz CT molecular complexity index is 471. The molecule has 0 bridgehead atoms. The van der Waals surface area contributed by atoms with Crippen LogP contribution in [0.2, 0.25) is 0 Å². The summed E-state index contributed by atoms with van der Waals surface area (Å²) < 4.78 is 9.95. The highest BCUT2D eigenvalue weighted by Gasteiger charge is 2.29. The number of aryl methyl sites for hydroxylation is 1. The van der Waals surface area contributed by atoms with Gasteiger partial charge >= 0.3 is 0 Å². The maximum atomic E-state index is 12.2. The summed E-state index contributed by atoms with van der Waals surface area (Å²) in [5, 5.41) is 0. The quantitative estimate of drug-likeness (QED) is 0.762. The molecule has 7 heteroatoms. The third kappa shape index (κ3) is 2.93. The van der Waals surface area contributed by atoms with Gasteiger partial charge in [0.25, 0.3) is 5.91 Å². The summed E-state index contributed by atoms with van der Waals surface area (Å²) in [4.78, 5) is 31.1. The number of aromatic nitrogens is 1. The van der Waals surface area contributed by atoms with Crippen molar-refractivity contribution in [2.45, 2.75) is 6.92 Å². The van der Waals surface area contributed by atoms with Crippen molar-refractivity contribution in [3.8, 4) is 0 Å². The van der Waals surface area contributed by atoms with Crippen molar-refractivity contribution in [1.29, 1.82) is 0 Å². The van der Waals surface area contributed by atoms with E-state index in [1.54, 1.807) is 18.9 Å². The van der Waals surface area contributed by atoms with Crippen molar-refractivity contribution in [2.24, 2.45) is 0 Å². The van der Waals surface area contributed by atoms with E-state index in [4.69, 9.17) is 9.15 Å². The highest BCUT2D eigenvalue weighted by atomic mass is 16.5. The molecule has 2 rings (SSSR count). The lowest BCUT2D eigenvalue weighted by Crippen LogP contribution is -2.53. The molecule has 1 saturated heterocycles. The summed E-state index contributed by atoms with van der Waals surface area (Å²) in [5.41, 5.74) is 0.276. The maximum Gasteiger partial charge on any atom is 0.276 e. The van der Waals surface area contributed by atoms with Crippen LogP contribution in [-0.2, 0) is 9.53 Å². The van der Waals surface area contributed by atoms with Crippen LogP contribution in [0.3, 0.4) is 0 Å². The van der Waals surface area contributed by atoms with Gasteiger partial charge in [-0.2, -0.15) is 0 Å². The minimum absolute atomic E-state index is 0.0715. The zero-order valence-electron chi connectivity index (χ0n) is 11.1. The molecule has 1 aliphatic heterocycles. The number of carbonyl (C=O) groups excluding carboxylic acids is 2. The van der Waals surface area contributed by atoms with Crippen molar-refractivity contribution in [1.82, 2.24) is 14.8 Å². The zero-order valence-corrected chi connectivity index (χ0v) is 11.1. The molecule has 1 aliphatic rings. The number of methoxy groups -OCH3 is 1. The van der Waals surface area contributed by atoms with Crippen LogP contribution in [0, 0.1) is 6.92 Å². The first-order valence-electron chi connectivity index (χ1n) is 6.09. The molecule has 0 aromatic carbocycles. The summed E-state index contributed by atoms with van der Waals surface area (Å²) in [6, 6.07) is 0. The number of hydrogen-bond acceptors (Lipinski definition) is 5. The van der Waals surface area contributed by atoms with Crippen molar-refractivity contribution >= 4 is 11.8 Å². The lowest BCUT2D eigenvalue weighted by atomic mass is 10.2. The Hall–Kier alpha value is -1.89. The van der Waals surface area contributed by atoms with Gasteiger partial charge in [0.2, 0.25) is 5.91 Å². The van der Waals surface area contributed by atoms with E-state index in [9.17, 15) is 9.59 Å². The van der Waals surface area contributed by atoms with Gasteiger partial charge in [0.05, 0.1) is 6.61 Å². The van der Waals surface area contributed by atoms with Crippen molar-refractivity contribution in [3.63, 3.8) is 0 Å². The topological polar surface area (TPSA) is 75.9 Å². The molecular formula is C12H17N3O4. The van der Waals surface area contributed by atoms with Crippen LogP contribution >= 0.6 is 0 Å². The van der Waals surface area contributed by atoms with E-state index in [0.29, 0.717) is 32.0 Å². The summed E-state index contributed by atoms with van der Waals surface area (Å²) in [7, 11) is 1.59. The Morgan fingerprint density at radius 3 is 2.89 bits per heavy atom. The van der Waals surface area contributed by atoms with Gasteiger partial charge in [-0.1, -0.05) is 0 Å². The molecule has 1 fully saturated rings. The number of amides is 2. The lowest BCUT2D eigenvalue weighted by Gasteiger charge is -2.33. The van der Waals surface area contributed by atoms with Gasteiger partial charge in [-0.15, -0.1) is 0 Å². The Morgan fingerprint density at radius 1 is 1.53 bits per heavy atom. The number of oxazole rings is 1. The fraction of sp³-hybridized carbons (Fsp3) is 0.583. The van der Waals surface area contributed by atoms with Crippen molar-refractivity contribution < 1.29 is 18.7 Å². The second-order valence-corrected chi connectivity index (χ2v) is 4.36. The summed E-state index contributed by atoms with van der Waals surface area (Å²) in [6.45, 7) is 3.83. The van der Waals surface area contributed by atoms with Gasteiger partial charge in [0.1, 0.15) is 12.3 Å². The standard InChI is InChI=1S/C12H17N3O4/c1-9-11(13-8-19-9)12(17)15-4-3-14(5-6-18-2)10(16)7-15/h8H,3-7H2,1-2H3. The third-order valence-corrected chi connectivity index (χ3v) is 3.12. The number of rotatable bonds is 4. The molecule has 1 aromatic heterocycles. The maximum absolute atomic E-state index is 12.2. The SMILES string of the molecule is COCCN1CCN(C(=O)c2ncoc2C)CC1=O. The van der Waals surface area contributed by atoms with Gasteiger partial charge in [-0.3, -0.25) is 9.59 Å². The number of piperazine rings is 1. The number of ether oxygens (including phenoxy) is 1. The molecule has 19 heavy (non-hydrogen) atoms. The van der Waals surface area contributed by atoms with Crippen LogP contribution in [0.15, 0.2) is 10.8 Å². The smallest absolute Gasteiger partial charge is 0.276 e. The molecule has 1 aromatic rings. The summed E-state index contributed by atoms with van der Waals surface area (Å²) in [5.74, 6) is 0.142. The average molecular weight is 267 g/mol. The van der Waals surface area contributed by atoms with Crippen LogP contribution < -0.4 is 0 Å². The first kappa shape index (κ1) is 13.5. The number of nitrogens with zero attached hydrogens (tertiary/aromatic N) is 3. The Labute approximate surface area is 111 Å². The Balaban J connectivity index is 1.97. The molecule has 0 aliphatic carbocycles. The van der Waals surface area contributed by atoms with Crippen LogP contribution in [0.25, 0.3) is 0 Å². The van der Waals surface area contributed by atoms with Crippen molar-refractivity contribution in [3.05, 3.63) is 17.8 Å². The van der Waals surface area contributed by atoms with Gasteiger partial charge < -0.3 is 19.0 Å². The van der Waals surface area contributed by atoms with Gasteiger partial charge in [0, 0.05) is 26.7 Å². The van der Waals surface area contributed by atoms with Gasteiger partial charge in [0.15, 0.2) is 12.1 Å². The molecule has 0 saturated carbocycles. The fourth-order valence-electron chi connectivity index (χ4n) is 1.98. The van der Waals surface area contributed by atoms with E-state index < -0.39 is 0 Å². The van der Waals surface area contributed by atoms with Gasteiger partial charge in [-0.05, 0) is 6.92 Å². The highest BCUT2D eigenvalue weighted by Crippen LogP contribution is 2.11. The molecule has 0 radical (unpaired) electrons. The molecular weight excluding hydrogens is 250 g/mol. The zero-order chi connectivity index (χ0) is 13.8. The Morgan fingerprint density at radius 2 is 2.32 bits per heavy atom.